The highest BCUT2D eigenvalue weighted by molar-refractivity contribution is 5.96. The number of terminal acetylenes is 1. The zero-order chi connectivity index (χ0) is 13.7. The summed E-state index contributed by atoms with van der Waals surface area (Å²) in [6.07, 6.45) is 5.13. The molecule has 0 aromatic carbocycles. The second kappa shape index (κ2) is 5.82. The predicted molar refractivity (Wildman–Crippen MR) is 66.1 cm³/mol. The van der Waals surface area contributed by atoms with Gasteiger partial charge in [-0.25, -0.2) is 0 Å². The van der Waals surface area contributed by atoms with E-state index in [2.05, 4.69) is 10.9 Å². The molecule has 0 aliphatic carbocycles. The monoisotopic (exact) mass is 246 g/mol. The molecule has 94 valence electrons. The molecule has 0 radical (unpaired) electrons. The third kappa shape index (κ3) is 3.32. The lowest BCUT2D eigenvalue weighted by Crippen LogP contribution is -2.36. The Balaban J connectivity index is 3.02. The molecule has 1 heterocycles. The molecular formula is C13H14N2O3. The average Bonchev–Trinajstić information content (AvgIpc) is 2.27. The lowest BCUT2D eigenvalue weighted by Gasteiger charge is -2.18. The first-order chi connectivity index (χ1) is 8.45. The number of pyridine rings is 1. The summed E-state index contributed by atoms with van der Waals surface area (Å²) in [5, 5.41) is 8.74. The summed E-state index contributed by atoms with van der Waals surface area (Å²) < 4.78 is 0. The maximum atomic E-state index is 12.1. The molecule has 1 rings (SSSR count). The fourth-order valence-corrected chi connectivity index (χ4v) is 1.56. The maximum Gasteiger partial charge on any atom is 0.323 e. The van der Waals surface area contributed by atoms with E-state index in [-0.39, 0.29) is 6.54 Å². The van der Waals surface area contributed by atoms with Crippen LogP contribution < -0.4 is 0 Å². The summed E-state index contributed by atoms with van der Waals surface area (Å²) in [5.74, 6) is 0.759. The number of nitrogens with zero attached hydrogens (tertiary/aromatic N) is 2. The van der Waals surface area contributed by atoms with E-state index in [1.807, 2.05) is 6.92 Å². The Bertz CT molecular complexity index is 517. The first kappa shape index (κ1) is 13.7. The Labute approximate surface area is 105 Å². The fourth-order valence-electron chi connectivity index (χ4n) is 1.56. The van der Waals surface area contributed by atoms with Gasteiger partial charge in [0.05, 0.1) is 17.8 Å². The van der Waals surface area contributed by atoms with Crippen molar-refractivity contribution in [3.63, 3.8) is 0 Å². The molecule has 0 aliphatic rings. The second-order valence-corrected chi connectivity index (χ2v) is 3.84. The minimum absolute atomic E-state index is 0.0432. The van der Waals surface area contributed by atoms with Crippen molar-refractivity contribution in [3.8, 4) is 12.3 Å². The average molecular weight is 246 g/mol. The van der Waals surface area contributed by atoms with Gasteiger partial charge in [-0.3, -0.25) is 14.6 Å². The van der Waals surface area contributed by atoms with Crippen LogP contribution in [0.4, 0.5) is 0 Å². The van der Waals surface area contributed by atoms with Crippen molar-refractivity contribution in [2.45, 2.75) is 13.8 Å². The van der Waals surface area contributed by atoms with E-state index in [4.69, 9.17) is 11.5 Å². The number of carbonyl (C=O) groups is 2. The van der Waals surface area contributed by atoms with Crippen LogP contribution in [0.1, 0.15) is 21.7 Å². The summed E-state index contributed by atoms with van der Waals surface area (Å²) in [6.45, 7) is 3.06. The lowest BCUT2D eigenvalue weighted by molar-refractivity contribution is -0.137. The molecule has 5 nitrogen and oxygen atoms in total. The standard InChI is InChI=1S/C13H14N2O3/c1-4-7-15(8-12(16)17)13(18)11-6-5-9(2)14-10(11)3/h1,5-6H,7-8H2,2-3H3,(H,16,17). The van der Waals surface area contributed by atoms with Gasteiger partial charge < -0.3 is 10.0 Å². The third-order valence-electron chi connectivity index (χ3n) is 2.35. The van der Waals surface area contributed by atoms with Crippen molar-refractivity contribution in [1.29, 1.82) is 0 Å². The van der Waals surface area contributed by atoms with Crippen LogP contribution in [0.2, 0.25) is 0 Å². The van der Waals surface area contributed by atoms with Crippen molar-refractivity contribution in [2.75, 3.05) is 13.1 Å². The highest BCUT2D eigenvalue weighted by Crippen LogP contribution is 2.10. The normalized spacial score (nSPS) is 9.61. The second-order valence-electron chi connectivity index (χ2n) is 3.84. The van der Waals surface area contributed by atoms with Crippen LogP contribution in [0.3, 0.4) is 0 Å². The van der Waals surface area contributed by atoms with Gasteiger partial charge in [-0.15, -0.1) is 6.42 Å². The van der Waals surface area contributed by atoms with Crippen LogP contribution in [0.15, 0.2) is 12.1 Å². The first-order valence-corrected chi connectivity index (χ1v) is 5.34. The molecule has 1 N–H and O–H groups in total. The van der Waals surface area contributed by atoms with E-state index >= 15 is 0 Å². The van der Waals surface area contributed by atoms with E-state index < -0.39 is 18.4 Å². The van der Waals surface area contributed by atoms with Crippen LogP contribution in [0, 0.1) is 26.2 Å². The number of aliphatic carboxylic acids is 1. The lowest BCUT2D eigenvalue weighted by atomic mass is 10.1. The van der Waals surface area contributed by atoms with Gasteiger partial charge in [-0.2, -0.15) is 0 Å². The van der Waals surface area contributed by atoms with Gasteiger partial charge in [0.2, 0.25) is 0 Å². The Kier molecular flexibility index (Phi) is 4.44. The van der Waals surface area contributed by atoms with Crippen molar-refractivity contribution in [3.05, 3.63) is 29.1 Å². The van der Waals surface area contributed by atoms with Gasteiger partial charge in [-0.05, 0) is 26.0 Å². The van der Waals surface area contributed by atoms with E-state index in [0.29, 0.717) is 11.3 Å². The van der Waals surface area contributed by atoms with E-state index in [0.717, 1.165) is 10.6 Å². The van der Waals surface area contributed by atoms with Crippen molar-refractivity contribution >= 4 is 11.9 Å². The molecule has 0 bridgehead atoms. The molecule has 18 heavy (non-hydrogen) atoms. The summed E-state index contributed by atoms with van der Waals surface area (Å²) in [7, 11) is 0. The highest BCUT2D eigenvalue weighted by atomic mass is 16.4. The SMILES string of the molecule is C#CCN(CC(=O)O)C(=O)c1ccc(C)nc1C. The number of amides is 1. The number of carbonyl (C=O) groups excluding carboxylic acids is 1. The number of aryl methyl sites for hydroxylation is 2. The molecule has 0 saturated carbocycles. The minimum Gasteiger partial charge on any atom is -0.480 e. The molecule has 5 heteroatoms. The highest BCUT2D eigenvalue weighted by Gasteiger charge is 2.19. The summed E-state index contributed by atoms with van der Waals surface area (Å²) in [4.78, 5) is 28.1. The summed E-state index contributed by atoms with van der Waals surface area (Å²) in [6, 6.07) is 3.33. The van der Waals surface area contributed by atoms with Gasteiger partial charge in [0.15, 0.2) is 0 Å². The zero-order valence-corrected chi connectivity index (χ0v) is 10.3. The topological polar surface area (TPSA) is 70.5 Å². The molecule has 0 atom stereocenters. The van der Waals surface area contributed by atoms with E-state index in [9.17, 15) is 9.59 Å². The van der Waals surface area contributed by atoms with Gasteiger partial charge in [0, 0.05) is 5.69 Å². The maximum absolute atomic E-state index is 12.1. The molecule has 0 spiro atoms. The van der Waals surface area contributed by atoms with Gasteiger partial charge >= 0.3 is 5.97 Å². The van der Waals surface area contributed by atoms with Crippen LogP contribution in [-0.4, -0.2) is 40.0 Å². The van der Waals surface area contributed by atoms with Crippen molar-refractivity contribution < 1.29 is 14.7 Å². The van der Waals surface area contributed by atoms with Gasteiger partial charge in [0.25, 0.3) is 5.91 Å². The van der Waals surface area contributed by atoms with Crippen LogP contribution in [0.5, 0.6) is 0 Å². The Morgan fingerprint density at radius 3 is 2.61 bits per heavy atom. The van der Waals surface area contributed by atoms with Crippen molar-refractivity contribution in [1.82, 2.24) is 9.88 Å². The summed E-state index contributed by atoms with van der Waals surface area (Å²) in [5.41, 5.74) is 1.73. The van der Waals surface area contributed by atoms with Crippen molar-refractivity contribution in [2.24, 2.45) is 0 Å². The number of hydrogen-bond acceptors (Lipinski definition) is 3. The molecule has 0 aliphatic heterocycles. The number of rotatable bonds is 4. The Morgan fingerprint density at radius 1 is 1.44 bits per heavy atom. The van der Waals surface area contributed by atoms with E-state index in [1.165, 1.54) is 0 Å². The largest absolute Gasteiger partial charge is 0.480 e. The number of carboxylic acid groups (broad SMARTS) is 1. The molecule has 0 unspecified atom stereocenters. The number of aromatic nitrogens is 1. The number of carboxylic acids is 1. The molecular weight excluding hydrogens is 232 g/mol. The first-order valence-electron chi connectivity index (χ1n) is 5.34. The van der Waals surface area contributed by atoms with Crippen LogP contribution >= 0.6 is 0 Å². The number of hydrogen-bond donors (Lipinski definition) is 1. The predicted octanol–water partition coefficient (Wildman–Crippen LogP) is 0.858. The molecule has 1 aromatic rings. The Hall–Kier alpha value is -2.35. The third-order valence-corrected chi connectivity index (χ3v) is 2.35. The smallest absolute Gasteiger partial charge is 0.323 e. The van der Waals surface area contributed by atoms with Crippen LogP contribution in [-0.2, 0) is 4.79 Å². The zero-order valence-electron chi connectivity index (χ0n) is 10.3. The van der Waals surface area contributed by atoms with Crippen LogP contribution in [0.25, 0.3) is 0 Å². The minimum atomic E-state index is -1.10. The van der Waals surface area contributed by atoms with Gasteiger partial charge in [-0.1, -0.05) is 5.92 Å². The fraction of sp³-hybridized carbons (Fsp3) is 0.308. The molecule has 0 saturated heterocycles. The molecule has 1 aromatic heterocycles. The quantitative estimate of drug-likeness (QED) is 0.800. The van der Waals surface area contributed by atoms with E-state index in [1.54, 1.807) is 19.1 Å². The molecule has 1 amide bonds. The Morgan fingerprint density at radius 2 is 2.11 bits per heavy atom. The van der Waals surface area contributed by atoms with Gasteiger partial charge in [0.1, 0.15) is 6.54 Å². The summed E-state index contributed by atoms with van der Waals surface area (Å²) >= 11 is 0. The molecule has 0 fully saturated rings.